The molecule has 0 amide bonds. The van der Waals surface area contributed by atoms with Crippen LogP contribution in [0.2, 0.25) is 0 Å². The maximum Gasteiger partial charge on any atom is 0.163 e. The molecule has 0 radical (unpaired) electrons. The molecule has 2 unspecified atom stereocenters. The van der Waals surface area contributed by atoms with Crippen molar-refractivity contribution in [1.82, 2.24) is 5.32 Å². The maximum atomic E-state index is 13.7. The van der Waals surface area contributed by atoms with Crippen molar-refractivity contribution >= 4 is 0 Å². The average Bonchev–Trinajstić information content (AvgIpc) is 2.34. The minimum atomic E-state index is -0.826. The first-order valence-electron chi connectivity index (χ1n) is 6.68. The van der Waals surface area contributed by atoms with Gasteiger partial charge in [0.1, 0.15) is 0 Å². The molecule has 0 saturated heterocycles. The van der Waals surface area contributed by atoms with Crippen molar-refractivity contribution in [3.05, 3.63) is 35.4 Å². The summed E-state index contributed by atoms with van der Waals surface area (Å²) in [6.45, 7) is 6.57. The lowest BCUT2D eigenvalue weighted by Gasteiger charge is -2.21. The van der Waals surface area contributed by atoms with Gasteiger partial charge in [-0.25, -0.2) is 8.78 Å². The van der Waals surface area contributed by atoms with Crippen LogP contribution in [-0.4, -0.2) is 19.8 Å². The van der Waals surface area contributed by atoms with Gasteiger partial charge in [-0.2, -0.15) is 0 Å². The third kappa shape index (κ3) is 4.88. The minimum Gasteiger partial charge on any atom is -0.377 e. The largest absolute Gasteiger partial charge is 0.377 e. The summed E-state index contributed by atoms with van der Waals surface area (Å²) in [7, 11) is 1.71. The van der Waals surface area contributed by atoms with Gasteiger partial charge in [0, 0.05) is 5.56 Å². The lowest BCUT2D eigenvalue weighted by atomic mass is 10.1. The summed E-state index contributed by atoms with van der Waals surface area (Å²) in [5.74, 6) is -1.08. The van der Waals surface area contributed by atoms with E-state index in [1.165, 1.54) is 6.07 Å². The summed E-state index contributed by atoms with van der Waals surface area (Å²) in [5.41, 5.74) is 0.305. The predicted molar refractivity (Wildman–Crippen MR) is 73.0 cm³/mol. The van der Waals surface area contributed by atoms with Gasteiger partial charge in [-0.3, -0.25) is 0 Å². The smallest absolute Gasteiger partial charge is 0.163 e. The number of ether oxygens (including phenoxy) is 1. The van der Waals surface area contributed by atoms with Crippen molar-refractivity contribution in [3.63, 3.8) is 0 Å². The fourth-order valence-corrected chi connectivity index (χ4v) is 2.11. The Bertz CT molecular complexity index is 396. The van der Waals surface area contributed by atoms with E-state index in [1.54, 1.807) is 13.1 Å². The summed E-state index contributed by atoms with van der Waals surface area (Å²) < 4.78 is 32.6. The quantitative estimate of drug-likeness (QED) is 0.817. The van der Waals surface area contributed by atoms with Crippen LogP contribution < -0.4 is 5.32 Å². The summed E-state index contributed by atoms with van der Waals surface area (Å²) in [6, 6.07) is 3.87. The van der Waals surface area contributed by atoms with E-state index < -0.39 is 11.6 Å². The Labute approximate surface area is 114 Å². The zero-order chi connectivity index (χ0) is 14.4. The van der Waals surface area contributed by atoms with Crippen LogP contribution in [0.4, 0.5) is 8.78 Å². The standard InChI is InChI=1S/C15H23F2NO/c1-10(2)8-11(3)19-9-14(18-4)12-6-5-7-13(16)15(12)17/h5-7,10-11,14,18H,8-9H2,1-4H3. The third-order valence-corrected chi connectivity index (χ3v) is 3.06. The highest BCUT2D eigenvalue weighted by Crippen LogP contribution is 2.20. The van der Waals surface area contributed by atoms with Crippen molar-refractivity contribution in [2.75, 3.05) is 13.7 Å². The second kappa shape index (κ2) is 7.56. The number of nitrogens with one attached hydrogen (secondary N) is 1. The third-order valence-electron chi connectivity index (χ3n) is 3.06. The molecule has 0 aromatic heterocycles. The van der Waals surface area contributed by atoms with Crippen molar-refractivity contribution in [2.45, 2.75) is 39.3 Å². The zero-order valence-corrected chi connectivity index (χ0v) is 12.0. The van der Waals surface area contributed by atoms with E-state index in [-0.39, 0.29) is 12.1 Å². The Morgan fingerprint density at radius 2 is 1.89 bits per heavy atom. The van der Waals surface area contributed by atoms with Crippen LogP contribution in [0.25, 0.3) is 0 Å². The van der Waals surface area contributed by atoms with Gasteiger partial charge in [-0.1, -0.05) is 26.0 Å². The summed E-state index contributed by atoms with van der Waals surface area (Å²) in [5, 5.41) is 2.96. The number of hydrogen-bond acceptors (Lipinski definition) is 2. The van der Waals surface area contributed by atoms with Crippen molar-refractivity contribution in [3.8, 4) is 0 Å². The molecule has 1 rings (SSSR count). The van der Waals surface area contributed by atoms with E-state index in [0.717, 1.165) is 12.5 Å². The van der Waals surface area contributed by atoms with Gasteiger partial charge in [0.2, 0.25) is 0 Å². The SMILES string of the molecule is CNC(COC(C)CC(C)C)c1cccc(F)c1F. The van der Waals surface area contributed by atoms with Crippen LogP contribution >= 0.6 is 0 Å². The van der Waals surface area contributed by atoms with Gasteiger partial charge in [0.25, 0.3) is 0 Å². The highest BCUT2D eigenvalue weighted by Gasteiger charge is 2.18. The molecular weight excluding hydrogens is 248 g/mol. The van der Waals surface area contributed by atoms with Gasteiger partial charge in [0.15, 0.2) is 11.6 Å². The Morgan fingerprint density at radius 3 is 2.47 bits per heavy atom. The molecule has 0 aliphatic heterocycles. The molecule has 0 bridgehead atoms. The molecule has 2 nitrogen and oxygen atoms in total. The number of rotatable bonds is 7. The predicted octanol–water partition coefficient (Wildman–Crippen LogP) is 3.68. The Balaban J connectivity index is 2.66. The molecule has 0 heterocycles. The molecule has 1 aromatic rings. The van der Waals surface area contributed by atoms with Gasteiger partial charge in [0.05, 0.1) is 18.8 Å². The lowest BCUT2D eigenvalue weighted by Crippen LogP contribution is -2.26. The molecule has 0 aliphatic carbocycles. The molecule has 2 atom stereocenters. The van der Waals surface area contributed by atoms with Crippen LogP contribution in [0.3, 0.4) is 0 Å². The van der Waals surface area contributed by atoms with Crippen molar-refractivity contribution in [1.29, 1.82) is 0 Å². The highest BCUT2D eigenvalue weighted by molar-refractivity contribution is 5.22. The second-order valence-electron chi connectivity index (χ2n) is 5.26. The van der Waals surface area contributed by atoms with E-state index in [9.17, 15) is 8.78 Å². The first kappa shape index (κ1) is 16.1. The van der Waals surface area contributed by atoms with Gasteiger partial charge < -0.3 is 10.1 Å². The summed E-state index contributed by atoms with van der Waals surface area (Å²) >= 11 is 0. The molecule has 108 valence electrons. The monoisotopic (exact) mass is 271 g/mol. The zero-order valence-electron chi connectivity index (χ0n) is 12.0. The normalized spacial score (nSPS) is 14.7. The van der Waals surface area contributed by atoms with E-state index in [2.05, 4.69) is 19.2 Å². The van der Waals surface area contributed by atoms with Crippen LogP contribution in [0, 0.1) is 17.6 Å². The molecule has 0 aliphatic rings. The molecule has 1 N–H and O–H groups in total. The number of likely N-dealkylation sites (N-methyl/N-ethyl adjacent to an activating group) is 1. The first-order valence-corrected chi connectivity index (χ1v) is 6.68. The minimum absolute atomic E-state index is 0.104. The topological polar surface area (TPSA) is 21.3 Å². The Kier molecular flexibility index (Phi) is 6.38. The van der Waals surface area contributed by atoms with Crippen molar-refractivity contribution in [2.24, 2.45) is 5.92 Å². The molecule has 0 fully saturated rings. The van der Waals surface area contributed by atoms with E-state index >= 15 is 0 Å². The maximum absolute atomic E-state index is 13.7. The number of benzene rings is 1. The van der Waals surface area contributed by atoms with E-state index in [0.29, 0.717) is 18.1 Å². The number of halogens is 2. The first-order chi connectivity index (χ1) is 8.95. The fraction of sp³-hybridized carbons (Fsp3) is 0.600. The molecule has 0 spiro atoms. The molecule has 0 saturated carbocycles. The Hall–Kier alpha value is -1.00. The van der Waals surface area contributed by atoms with Crippen LogP contribution in [0.15, 0.2) is 18.2 Å². The second-order valence-corrected chi connectivity index (χ2v) is 5.26. The highest BCUT2D eigenvalue weighted by atomic mass is 19.2. The molecule has 4 heteroatoms. The molecular formula is C15H23F2NO. The molecule has 19 heavy (non-hydrogen) atoms. The Morgan fingerprint density at radius 1 is 1.21 bits per heavy atom. The van der Waals surface area contributed by atoms with Gasteiger partial charge in [-0.15, -0.1) is 0 Å². The summed E-state index contributed by atoms with van der Waals surface area (Å²) in [6.07, 6.45) is 1.05. The lowest BCUT2D eigenvalue weighted by molar-refractivity contribution is 0.0376. The van der Waals surface area contributed by atoms with Gasteiger partial charge >= 0.3 is 0 Å². The van der Waals surface area contributed by atoms with Crippen LogP contribution in [0.1, 0.15) is 38.8 Å². The van der Waals surface area contributed by atoms with Crippen LogP contribution in [-0.2, 0) is 4.74 Å². The van der Waals surface area contributed by atoms with Crippen LogP contribution in [0.5, 0.6) is 0 Å². The number of hydrogen-bond donors (Lipinski definition) is 1. The van der Waals surface area contributed by atoms with E-state index in [1.807, 2.05) is 6.92 Å². The van der Waals surface area contributed by atoms with Crippen molar-refractivity contribution < 1.29 is 13.5 Å². The van der Waals surface area contributed by atoms with E-state index in [4.69, 9.17) is 4.74 Å². The summed E-state index contributed by atoms with van der Waals surface area (Å²) in [4.78, 5) is 0. The van der Waals surface area contributed by atoms with Gasteiger partial charge in [-0.05, 0) is 32.4 Å². The average molecular weight is 271 g/mol. The molecule has 1 aromatic carbocycles. The fourth-order valence-electron chi connectivity index (χ4n) is 2.11.